The number of hydrogen-bond donors (Lipinski definition) is 1. The fourth-order valence-corrected chi connectivity index (χ4v) is 5.16. The first-order valence-corrected chi connectivity index (χ1v) is 13.6. The lowest BCUT2D eigenvalue weighted by atomic mass is 10.1. The zero-order chi connectivity index (χ0) is 29.0. The van der Waals surface area contributed by atoms with Crippen molar-refractivity contribution in [3.63, 3.8) is 0 Å². The van der Waals surface area contributed by atoms with Crippen molar-refractivity contribution in [1.82, 2.24) is 10.3 Å². The van der Waals surface area contributed by atoms with E-state index in [1.165, 1.54) is 29.5 Å². The van der Waals surface area contributed by atoms with E-state index in [9.17, 15) is 18.0 Å². The Morgan fingerprint density at radius 2 is 1.83 bits per heavy atom. The zero-order valence-electron chi connectivity index (χ0n) is 21.6. The summed E-state index contributed by atoms with van der Waals surface area (Å²) in [6, 6.07) is 22.9. The van der Waals surface area contributed by atoms with Crippen molar-refractivity contribution in [2.75, 3.05) is 12.0 Å². The van der Waals surface area contributed by atoms with Crippen LogP contribution in [0.5, 0.6) is 5.75 Å². The van der Waals surface area contributed by atoms with Crippen LogP contribution in [0.25, 0.3) is 11.3 Å². The third kappa shape index (κ3) is 6.72. The standard InChI is InChI=1S/C30H23ClF3N3O3S/c1-39-22-11-9-20(10-12-22)25-18-41-29(36-25)37(26-8-3-2-7-24(26)31)17-23-13-14-27(40-23)28(38)35-16-19-5-4-6-21(15-19)30(32,33)34/h2-15,18H,16-17H2,1H3,(H,35,38). The first-order valence-electron chi connectivity index (χ1n) is 12.4. The van der Waals surface area contributed by atoms with Gasteiger partial charge in [-0.25, -0.2) is 4.98 Å². The van der Waals surface area contributed by atoms with Gasteiger partial charge in [0, 0.05) is 17.5 Å². The number of alkyl halides is 3. The van der Waals surface area contributed by atoms with Crippen molar-refractivity contribution < 1.29 is 27.1 Å². The molecule has 3 aromatic carbocycles. The summed E-state index contributed by atoms with van der Waals surface area (Å²) in [4.78, 5) is 19.4. The molecule has 0 fully saturated rings. The van der Waals surface area contributed by atoms with E-state index in [2.05, 4.69) is 5.32 Å². The smallest absolute Gasteiger partial charge is 0.416 e. The number of carbonyl (C=O) groups excluding carboxylic acids is 1. The number of nitrogens with zero attached hydrogens (tertiary/aromatic N) is 2. The Bertz CT molecular complexity index is 1650. The van der Waals surface area contributed by atoms with Gasteiger partial charge in [0.2, 0.25) is 0 Å². The molecule has 1 N–H and O–H groups in total. The minimum absolute atomic E-state index is 0.0316. The number of methoxy groups -OCH3 is 1. The van der Waals surface area contributed by atoms with Crippen molar-refractivity contribution >= 4 is 39.7 Å². The van der Waals surface area contributed by atoms with E-state index in [0.717, 1.165) is 29.1 Å². The molecular formula is C30H23ClF3N3O3S. The molecule has 2 aromatic heterocycles. The van der Waals surface area contributed by atoms with Crippen molar-refractivity contribution in [3.8, 4) is 17.0 Å². The number of anilines is 2. The number of para-hydroxylation sites is 1. The molecule has 0 bridgehead atoms. The van der Waals surface area contributed by atoms with E-state index in [0.29, 0.717) is 27.2 Å². The van der Waals surface area contributed by atoms with E-state index in [4.69, 9.17) is 25.7 Å². The van der Waals surface area contributed by atoms with Crippen molar-refractivity contribution in [2.45, 2.75) is 19.3 Å². The van der Waals surface area contributed by atoms with Crippen LogP contribution in [-0.4, -0.2) is 18.0 Å². The molecule has 0 saturated heterocycles. The first kappa shape index (κ1) is 28.3. The van der Waals surface area contributed by atoms with Crippen LogP contribution in [-0.2, 0) is 19.3 Å². The highest BCUT2D eigenvalue weighted by atomic mass is 35.5. The molecule has 11 heteroatoms. The fourth-order valence-electron chi connectivity index (χ4n) is 4.08. The Morgan fingerprint density at radius 1 is 1.05 bits per heavy atom. The Balaban J connectivity index is 1.33. The summed E-state index contributed by atoms with van der Waals surface area (Å²) in [7, 11) is 1.61. The number of halogens is 4. The second-order valence-corrected chi connectivity index (χ2v) is 10.2. The van der Waals surface area contributed by atoms with Crippen LogP contribution in [0.2, 0.25) is 5.02 Å². The Labute approximate surface area is 243 Å². The molecule has 0 aliphatic carbocycles. The number of hydrogen-bond acceptors (Lipinski definition) is 6. The largest absolute Gasteiger partial charge is 0.497 e. The number of benzene rings is 3. The molecule has 5 rings (SSSR count). The second kappa shape index (κ2) is 12.1. The van der Waals surface area contributed by atoms with Gasteiger partial charge >= 0.3 is 6.18 Å². The van der Waals surface area contributed by atoms with Crippen LogP contribution in [0.3, 0.4) is 0 Å². The Morgan fingerprint density at radius 3 is 2.56 bits per heavy atom. The molecule has 6 nitrogen and oxygen atoms in total. The monoisotopic (exact) mass is 597 g/mol. The highest BCUT2D eigenvalue weighted by Crippen LogP contribution is 2.37. The molecule has 1 amide bonds. The minimum atomic E-state index is -4.46. The molecule has 0 spiro atoms. The van der Waals surface area contributed by atoms with Crippen LogP contribution in [0.1, 0.15) is 27.4 Å². The highest BCUT2D eigenvalue weighted by molar-refractivity contribution is 7.14. The molecule has 0 saturated carbocycles. The topological polar surface area (TPSA) is 67.6 Å². The number of amides is 1. The number of thiazole rings is 1. The summed E-state index contributed by atoms with van der Waals surface area (Å²) in [6.45, 7) is 0.137. The lowest BCUT2D eigenvalue weighted by Gasteiger charge is -2.22. The van der Waals surface area contributed by atoms with Crippen molar-refractivity contribution in [3.05, 3.63) is 118 Å². The van der Waals surface area contributed by atoms with Gasteiger partial charge in [0.1, 0.15) is 11.5 Å². The zero-order valence-corrected chi connectivity index (χ0v) is 23.2. The van der Waals surface area contributed by atoms with Crippen LogP contribution in [0.4, 0.5) is 24.0 Å². The van der Waals surface area contributed by atoms with Gasteiger partial charge in [-0.05, 0) is 66.2 Å². The van der Waals surface area contributed by atoms with Crippen LogP contribution in [0, 0.1) is 0 Å². The summed E-state index contributed by atoms with van der Waals surface area (Å²) >= 11 is 7.97. The van der Waals surface area contributed by atoms with Crippen molar-refractivity contribution in [2.24, 2.45) is 0 Å². The molecule has 0 radical (unpaired) electrons. The van der Waals surface area contributed by atoms with Gasteiger partial charge in [0.25, 0.3) is 5.91 Å². The molecule has 210 valence electrons. The summed E-state index contributed by atoms with van der Waals surface area (Å²) in [5.74, 6) is 0.697. The van der Waals surface area contributed by atoms with Crippen molar-refractivity contribution in [1.29, 1.82) is 0 Å². The van der Waals surface area contributed by atoms with Gasteiger partial charge in [-0.3, -0.25) is 4.79 Å². The van der Waals surface area contributed by atoms with Crippen LogP contribution >= 0.6 is 22.9 Å². The number of carbonyl (C=O) groups is 1. The van der Waals surface area contributed by atoms with E-state index in [1.807, 2.05) is 52.7 Å². The van der Waals surface area contributed by atoms with Gasteiger partial charge in [0.05, 0.1) is 35.6 Å². The average molecular weight is 598 g/mol. The SMILES string of the molecule is COc1ccc(-c2csc(N(Cc3ccc(C(=O)NCc4cccc(C(F)(F)F)c4)o3)c3ccccc3Cl)n2)cc1. The Kier molecular flexibility index (Phi) is 8.32. The molecule has 2 heterocycles. The highest BCUT2D eigenvalue weighted by Gasteiger charge is 2.30. The predicted molar refractivity (Wildman–Crippen MR) is 153 cm³/mol. The van der Waals surface area contributed by atoms with E-state index < -0.39 is 17.6 Å². The summed E-state index contributed by atoms with van der Waals surface area (Å²) in [6.07, 6.45) is -4.46. The number of nitrogens with one attached hydrogen (secondary N) is 1. The number of furan rings is 1. The molecule has 0 unspecified atom stereocenters. The van der Waals surface area contributed by atoms with Gasteiger partial charge in [-0.1, -0.05) is 35.9 Å². The molecule has 0 aliphatic rings. The number of ether oxygens (including phenoxy) is 1. The molecule has 41 heavy (non-hydrogen) atoms. The molecule has 5 aromatic rings. The average Bonchev–Trinajstić information content (AvgIpc) is 3.65. The summed E-state index contributed by atoms with van der Waals surface area (Å²) in [5, 5.41) is 5.73. The van der Waals surface area contributed by atoms with Crippen LogP contribution < -0.4 is 15.0 Å². The second-order valence-electron chi connectivity index (χ2n) is 8.93. The van der Waals surface area contributed by atoms with E-state index >= 15 is 0 Å². The van der Waals surface area contributed by atoms with E-state index in [-0.39, 0.29) is 18.8 Å². The minimum Gasteiger partial charge on any atom is -0.497 e. The summed E-state index contributed by atoms with van der Waals surface area (Å²) in [5.41, 5.74) is 1.95. The predicted octanol–water partition coefficient (Wildman–Crippen LogP) is 8.35. The van der Waals surface area contributed by atoms with Gasteiger partial charge in [0.15, 0.2) is 10.9 Å². The maximum absolute atomic E-state index is 13.0. The third-order valence-electron chi connectivity index (χ3n) is 6.16. The summed E-state index contributed by atoms with van der Waals surface area (Å²) < 4.78 is 50.1. The first-order chi connectivity index (χ1) is 19.7. The lowest BCUT2D eigenvalue weighted by Crippen LogP contribution is -2.22. The molecule has 0 atom stereocenters. The third-order valence-corrected chi connectivity index (χ3v) is 7.34. The molecular weight excluding hydrogens is 575 g/mol. The fraction of sp³-hybridized carbons (Fsp3) is 0.133. The number of rotatable bonds is 9. The maximum atomic E-state index is 13.0. The van der Waals surface area contributed by atoms with E-state index in [1.54, 1.807) is 19.2 Å². The Hall–Kier alpha value is -4.28. The lowest BCUT2D eigenvalue weighted by molar-refractivity contribution is -0.137. The molecule has 0 aliphatic heterocycles. The maximum Gasteiger partial charge on any atom is 0.416 e. The van der Waals surface area contributed by atoms with Crippen LogP contribution in [0.15, 0.2) is 94.7 Å². The quantitative estimate of drug-likeness (QED) is 0.185. The van der Waals surface area contributed by atoms with Gasteiger partial charge in [-0.2, -0.15) is 13.2 Å². The number of aromatic nitrogens is 1. The van der Waals surface area contributed by atoms with Gasteiger partial charge < -0.3 is 19.4 Å². The van der Waals surface area contributed by atoms with Gasteiger partial charge in [-0.15, -0.1) is 11.3 Å². The normalized spacial score (nSPS) is 11.3.